The number of benzene rings is 2. The van der Waals surface area contributed by atoms with Gasteiger partial charge < -0.3 is 9.84 Å². The molecule has 1 aliphatic rings. The fraction of sp³-hybridized carbons (Fsp3) is 0.192. The molecule has 168 valence electrons. The van der Waals surface area contributed by atoms with Crippen LogP contribution in [0.4, 0.5) is 10.1 Å². The van der Waals surface area contributed by atoms with Gasteiger partial charge in [-0.3, -0.25) is 19.5 Å². The highest BCUT2D eigenvalue weighted by Crippen LogP contribution is 2.42. The van der Waals surface area contributed by atoms with E-state index in [1.807, 2.05) is 12.1 Å². The van der Waals surface area contributed by atoms with Crippen molar-refractivity contribution in [3.63, 3.8) is 0 Å². The summed E-state index contributed by atoms with van der Waals surface area (Å²) in [6.45, 7) is 4.11. The molecule has 2 heterocycles. The molecule has 1 unspecified atom stereocenters. The number of anilines is 1. The Morgan fingerprint density at radius 1 is 1.09 bits per heavy atom. The Morgan fingerprint density at radius 2 is 1.82 bits per heavy atom. The van der Waals surface area contributed by atoms with Gasteiger partial charge in [-0.15, -0.1) is 0 Å². The number of Topliss-reactive ketones (excluding diaryl/α,β-unsaturated/α-hetero) is 1. The molecule has 3 aromatic rings. The van der Waals surface area contributed by atoms with Crippen LogP contribution in [0.2, 0.25) is 0 Å². The zero-order valence-corrected chi connectivity index (χ0v) is 18.4. The number of pyridine rings is 1. The third-order valence-corrected chi connectivity index (χ3v) is 5.67. The van der Waals surface area contributed by atoms with Crippen molar-refractivity contribution >= 4 is 23.1 Å². The number of halogens is 1. The highest BCUT2D eigenvalue weighted by atomic mass is 19.1. The number of carbonyl (C=O) groups excluding carboxylic acids is 2. The molecule has 1 saturated heterocycles. The lowest BCUT2D eigenvalue weighted by atomic mass is 9.97. The van der Waals surface area contributed by atoms with E-state index >= 15 is 0 Å². The molecule has 1 amide bonds. The Balaban J connectivity index is 1.94. The molecule has 7 heteroatoms. The molecule has 33 heavy (non-hydrogen) atoms. The van der Waals surface area contributed by atoms with E-state index in [2.05, 4.69) is 18.8 Å². The minimum absolute atomic E-state index is 0.0217. The zero-order chi connectivity index (χ0) is 23.7. The van der Waals surface area contributed by atoms with E-state index in [4.69, 9.17) is 4.74 Å². The lowest BCUT2D eigenvalue weighted by molar-refractivity contribution is -0.132. The monoisotopic (exact) mass is 446 g/mol. The van der Waals surface area contributed by atoms with Crippen molar-refractivity contribution in [2.24, 2.45) is 0 Å². The molecule has 1 atom stereocenters. The predicted octanol–water partition coefficient (Wildman–Crippen LogP) is 4.98. The molecule has 0 saturated carbocycles. The van der Waals surface area contributed by atoms with Gasteiger partial charge in [-0.05, 0) is 53.9 Å². The van der Waals surface area contributed by atoms with Crippen molar-refractivity contribution in [1.82, 2.24) is 4.98 Å². The zero-order valence-electron chi connectivity index (χ0n) is 18.4. The van der Waals surface area contributed by atoms with Crippen LogP contribution < -0.4 is 9.64 Å². The molecule has 1 aromatic heterocycles. The van der Waals surface area contributed by atoms with Gasteiger partial charge in [0, 0.05) is 11.9 Å². The van der Waals surface area contributed by atoms with Gasteiger partial charge in [0.15, 0.2) is 0 Å². The minimum atomic E-state index is -0.996. The van der Waals surface area contributed by atoms with E-state index in [9.17, 15) is 19.1 Å². The number of carbonyl (C=O) groups is 2. The summed E-state index contributed by atoms with van der Waals surface area (Å²) in [4.78, 5) is 32.0. The van der Waals surface area contributed by atoms with Crippen molar-refractivity contribution in [1.29, 1.82) is 0 Å². The Labute approximate surface area is 191 Å². The molecule has 0 aliphatic carbocycles. The summed E-state index contributed by atoms with van der Waals surface area (Å²) in [7, 11) is 1.37. The number of ether oxygens (including phenoxy) is 1. The highest BCUT2D eigenvalue weighted by Gasteiger charge is 2.47. The van der Waals surface area contributed by atoms with E-state index in [0.29, 0.717) is 17.3 Å². The largest absolute Gasteiger partial charge is 0.507 e. The first kappa shape index (κ1) is 22.2. The van der Waals surface area contributed by atoms with Crippen LogP contribution in [0.5, 0.6) is 5.75 Å². The molecule has 0 radical (unpaired) electrons. The normalized spacial score (nSPS) is 17.6. The van der Waals surface area contributed by atoms with E-state index in [1.54, 1.807) is 36.5 Å². The van der Waals surface area contributed by atoms with Crippen LogP contribution in [0, 0.1) is 5.82 Å². The van der Waals surface area contributed by atoms with E-state index < -0.39 is 29.3 Å². The summed E-state index contributed by atoms with van der Waals surface area (Å²) in [5.74, 6) is -2.38. The number of amides is 1. The second-order valence-electron chi connectivity index (χ2n) is 8.01. The maximum absolute atomic E-state index is 14.0. The van der Waals surface area contributed by atoms with Gasteiger partial charge in [0.05, 0.1) is 23.9 Å². The van der Waals surface area contributed by atoms with Crippen LogP contribution in [-0.2, 0) is 9.59 Å². The smallest absolute Gasteiger partial charge is 0.300 e. The maximum Gasteiger partial charge on any atom is 0.300 e. The van der Waals surface area contributed by atoms with Crippen molar-refractivity contribution < 1.29 is 23.8 Å². The van der Waals surface area contributed by atoms with Crippen LogP contribution >= 0.6 is 0 Å². The van der Waals surface area contributed by atoms with Gasteiger partial charge in [-0.2, -0.15) is 0 Å². The fourth-order valence-corrected chi connectivity index (χ4v) is 3.95. The first-order valence-electron chi connectivity index (χ1n) is 10.5. The van der Waals surface area contributed by atoms with Crippen LogP contribution in [0.15, 0.2) is 72.4 Å². The summed E-state index contributed by atoms with van der Waals surface area (Å²) in [6.07, 6.45) is 1.54. The lowest BCUT2D eigenvalue weighted by Crippen LogP contribution is -2.29. The fourth-order valence-electron chi connectivity index (χ4n) is 3.95. The third-order valence-electron chi connectivity index (χ3n) is 5.67. The van der Waals surface area contributed by atoms with Crippen molar-refractivity contribution in [3.05, 3.63) is 95.1 Å². The van der Waals surface area contributed by atoms with E-state index in [1.165, 1.54) is 24.1 Å². The van der Waals surface area contributed by atoms with Crippen LogP contribution in [0.1, 0.15) is 42.6 Å². The van der Waals surface area contributed by atoms with Crippen LogP contribution in [0.25, 0.3) is 5.76 Å². The summed E-state index contributed by atoms with van der Waals surface area (Å²) in [5, 5.41) is 11.2. The van der Waals surface area contributed by atoms with Crippen LogP contribution in [-0.4, -0.2) is 28.9 Å². The molecule has 0 bridgehead atoms. The van der Waals surface area contributed by atoms with Gasteiger partial charge in [-0.25, -0.2) is 4.39 Å². The van der Waals surface area contributed by atoms with Crippen molar-refractivity contribution in [2.45, 2.75) is 25.8 Å². The number of rotatable bonds is 5. The SMILES string of the molecule is COc1ccc(F)cc1/C(O)=C1\C(=O)C(=O)N(c2ccc(C(C)C)cc2)C1c1ccccn1. The molecular formula is C26H23FN2O4. The summed E-state index contributed by atoms with van der Waals surface area (Å²) in [5.41, 5.74) is 1.75. The van der Waals surface area contributed by atoms with E-state index in [-0.39, 0.29) is 16.9 Å². The number of nitrogens with zero attached hydrogens (tertiary/aromatic N) is 2. The molecule has 1 N–H and O–H groups in total. The average Bonchev–Trinajstić information content (AvgIpc) is 3.09. The number of aliphatic hydroxyl groups is 1. The Morgan fingerprint density at radius 3 is 2.42 bits per heavy atom. The van der Waals surface area contributed by atoms with E-state index in [0.717, 1.165) is 11.6 Å². The summed E-state index contributed by atoms with van der Waals surface area (Å²) >= 11 is 0. The molecule has 1 aliphatic heterocycles. The molecular weight excluding hydrogens is 423 g/mol. The van der Waals surface area contributed by atoms with Gasteiger partial charge in [0.1, 0.15) is 23.4 Å². The van der Waals surface area contributed by atoms with Gasteiger partial charge in [0.2, 0.25) is 0 Å². The summed E-state index contributed by atoms with van der Waals surface area (Å²) < 4.78 is 19.3. The molecule has 6 nitrogen and oxygen atoms in total. The number of ketones is 1. The number of methoxy groups -OCH3 is 1. The third kappa shape index (κ3) is 3.98. The molecule has 1 fully saturated rings. The maximum atomic E-state index is 14.0. The Kier molecular flexibility index (Phi) is 5.96. The number of hydrogen-bond donors (Lipinski definition) is 1. The first-order chi connectivity index (χ1) is 15.8. The standard InChI is InChI=1S/C26H23FN2O4/c1-15(2)16-7-10-18(11-8-16)29-23(20-6-4-5-13-28-20)22(25(31)26(29)32)24(30)19-14-17(27)9-12-21(19)33-3/h4-15,23,30H,1-3H3/b24-22+. The van der Waals surface area contributed by atoms with Crippen LogP contribution in [0.3, 0.4) is 0 Å². The second kappa shape index (κ2) is 8.86. The van der Waals surface area contributed by atoms with Gasteiger partial charge in [-0.1, -0.05) is 32.0 Å². The predicted molar refractivity (Wildman–Crippen MR) is 123 cm³/mol. The van der Waals surface area contributed by atoms with Crippen molar-refractivity contribution in [3.8, 4) is 5.75 Å². The summed E-state index contributed by atoms with van der Waals surface area (Å²) in [6, 6.07) is 15.0. The second-order valence-corrected chi connectivity index (χ2v) is 8.01. The topological polar surface area (TPSA) is 79.7 Å². The van der Waals surface area contributed by atoms with Gasteiger partial charge >= 0.3 is 0 Å². The van der Waals surface area contributed by atoms with Gasteiger partial charge in [0.25, 0.3) is 11.7 Å². The Bertz CT molecular complexity index is 1240. The van der Waals surface area contributed by atoms with Crippen molar-refractivity contribution in [2.75, 3.05) is 12.0 Å². The number of aliphatic hydroxyl groups excluding tert-OH is 1. The highest BCUT2D eigenvalue weighted by molar-refractivity contribution is 6.51. The molecule has 0 spiro atoms. The minimum Gasteiger partial charge on any atom is -0.507 e. The average molecular weight is 446 g/mol. The lowest BCUT2D eigenvalue weighted by Gasteiger charge is -2.25. The quantitative estimate of drug-likeness (QED) is 0.340. The molecule has 2 aromatic carbocycles. The number of aromatic nitrogens is 1. The molecule has 4 rings (SSSR count). The first-order valence-corrected chi connectivity index (χ1v) is 10.5. The Hall–Kier alpha value is -4.00. The number of hydrogen-bond acceptors (Lipinski definition) is 5.